The van der Waals surface area contributed by atoms with Crippen molar-refractivity contribution in [1.29, 1.82) is 0 Å². The molecule has 0 aliphatic carbocycles. The molecule has 0 radical (unpaired) electrons. The van der Waals surface area contributed by atoms with Crippen LogP contribution in [0.3, 0.4) is 0 Å². The third-order valence-electron chi connectivity index (χ3n) is 2.35. The molecule has 1 aromatic rings. The summed E-state index contributed by atoms with van der Waals surface area (Å²) < 4.78 is 6.81. The Balaban J connectivity index is 2.68. The van der Waals surface area contributed by atoms with Crippen LogP contribution in [0.2, 0.25) is 0 Å². The third kappa shape index (κ3) is 3.09. The van der Waals surface area contributed by atoms with E-state index >= 15 is 0 Å². The molecule has 1 unspecified atom stereocenters. The summed E-state index contributed by atoms with van der Waals surface area (Å²) in [5, 5.41) is 3.14. The molecule has 1 aromatic heterocycles. The van der Waals surface area contributed by atoms with Gasteiger partial charge in [-0.15, -0.1) is 0 Å². The molecule has 0 amide bonds. The number of hydrogen-bond acceptors (Lipinski definition) is 3. The van der Waals surface area contributed by atoms with Crippen LogP contribution in [0.1, 0.15) is 25.6 Å². The largest absolute Gasteiger partial charge is 0.465 e. The summed E-state index contributed by atoms with van der Waals surface area (Å²) in [5.41, 5.74) is 1.09. The summed E-state index contributed by atoms with van der Waals surface area (Å²) in [6, 6.07) is 4.16. The van der Waals surface area contributed by atoms with Crippen LogP contribution in [0, 0.1) is 0 Å². The number of carbonyl (C=O) groups is 1. The van der Waals surface area contributed by atoms with Gasteiger partial charge in [0.15, 0.2) is 0 Å². The molecule has 84 valence electrons. The monoisotopic (exact) mass is 210 g/mol. The van der Waals surface area contributed by atoms with Crippen LogP contribution >= 0.6 is 0 Å². The smallest absolute Gasteiger partial charge is 0.325 e. The van der Waals surface area contributed by atoms with Crippen molar-refractivity contribution in [2.45, 2.75) is 26.4 Å². The van der Waals surface area contributed by atoms with Gasteiger partial charge in [0.2, 0.25) is 0 Å². The lowest BCUT2D eigenvalue weighted by Crippen LogP contribution is -2.20. The Hall–Kier alpha value is -1.29. The quantitative estimate of drug-likeness (QED) is 0.746. The molecule has 0 spiro atoms. The van der Waals surface area contributed by atoms with E-state index in [1.54, 1.807) is 0 Å². The van der Waals surface area contributed by atoms with Gasteiger partial charge in [-0.05, 0) is 33.0 Å². The van der Waals surface area contributed by atoms with E-state index in [1.807, 2.05) is 36.9 Å². The minimum absolute atomic E-state index is 0.196. The molecule has 0 aromatic carbocycles. The van der Waals surface area contributed by atoms with Gasteiger partial charge in [-0.1, -0.05) is 0 Å². The molecule has 4 nitrogen and oxygen atoms in total. The fourth-order valence-electron chi connectivity index (χ4n) is 1.46. The van der Waals surface area contributed by atoms with E-state index in [0.29, 0.717) is 6.61 Å². The number of esters is 1. The molecule has 1 atom stereocenters. The second kappa shape index (κ2) is 5.56. The molecular weight excluding hydrogens is 192 g/mol. The van der Waals surface area contributed by atoms with Gasteiger partial charge in [0.05, 0.1) is 6.61 Å². The highest BCUT2D eigenvalue weighted by Crippen LogP contribution is 2.12. The van der Waals surface area contributed by atoms with E-state index in [2.05, 4.69) is 12.2 Å². The van der Waals surface area contributed by atoms with Crippen LogP contribution in [0.25, 0.3) is 0 Å². The average molecular weight is 210 g/mol. The van der Waals surface area contributed by atoms with Crippen molar-refractivity contribution < 1.29 is 9.53 Å². The summed E-state index contributed by atoms with van der Waals surface area (Å²) in [6.45, 7) is 4.57. The van der Waals surface area contributed by atoms with Crippen LogP contribution in [-0.4, -0.2) is 24.2 Å². The molecule has 1 rings (SSSR count). The maximum absolute atomic E-state index is 11.3. The SMILES string of the molecule is CCOC(=O)Cn1cccc1C(C)NC. The summed E-state index contributed by atoms with van der Waals surface area (Å²) in [5.74, 6) is -0.196. The Labute approximate surface area is 90.2 Å². The second-order valence-corrected chi connectivity index (χ2v) is 3.38. The second-order valence-electron chi connectivity index (χ2n) is 3.38. The Morgan fingerprint density at radius 1 is 1.67 bits per heavy atom. The van der Waals surface area contributed by atoms with Crippen molar-refractivity contribution >= 4 is 5.97 Å². The number of carbonyl (C=O) groups excluding carboxylic acids is 1. The lowest BCUT2D eigenvalue weighted by atomic mass is 10.2. The topological polar surface area (TPSA) is 43.3 Å². The van der Waals surface area contributed by atoms with Crippen molar-refractivity contribution in [1.82, 2.24) is 9.88 Å². The first-order valence-corrected chi connectivity index (χ1v) is 5.17. The number of ether oxygens (including phenoxy) is 1. The maximum atomic E-state index is 11.3. The first-order valence-electron chi connectivity index (χ1n) is 5.17. The van der Waals surface area contributed by atoms with E-state index in [0.717, 1.165) is 5.69 Å². The Bertz CT molecular complexity index is 320. The van der Waals surface area contributed by atoms with Crippen molar-refractivity contribution in [3.05, 3.63) is 24.0 Å². The Kier molecular flexibility index (Phi) is 4.37. The average Bonchev–Trinajstić information content (AvgIpc) is 2.65. The van der Waals surface area contributed by atoms with E-state index in [1.165, 1.54) is 0 Å². The molecule has 15 heavy (non-hydrogen) atoms. The normalized spacial score (nSPS) is 12.5. The van der Waals surface area contributed by atoms with Gasteiger partial charge in [-0.3, -0.25) is 4.79 Å². The van der Waals surface area contributed by atoms with Gasteiger partial charge in [-0.2, -0.15) is 0 Å². The highest BCUT2D eigenvalue weighted by Gasteiger charge is 2.10. The zero-order chi connectivity index (χ0) is 11.3. The molecule has 0 saturated heterocycles. The van der Waals surface area contributed by atoms with E-state index in [4.69, 9.17) is 4.74 Å². The van der Waals surface area contributed by atoms with Gasteiger partial charge in [0.25, 0.3) is 0 Å². The van der Waals surface area contributed by atoms with Crippen molar-refractivity contribution in [3.8, 4) is 0 Å². The molecule has 0 aliphatic heterocycles. The zero-order valence-electron chi connectivity index (χ0n) is 9.49. The van der Waals surface area contributed by atoms with E-state index < -0.39 is 0 Å². The van der Waals surface area contributed by atoms with Crippen LogP contribution in [-0.2, 0) is 16.1 Å². The number of nitrogens with zero attached hydrogens (tertiary/aromatic N) is 1. The lowest BCUT2D eigenvalue weighted by Gasteiger charge is -2.14. The minimum Gasteiger partial charge on any atom is -0.465 e. The van der Waals surface area contributed by atoms with Crippen molar-refractivity contribution in [2.75, 3.05) is 13.7 Å². The number of aromatic nitrogens is 1. The predicted molar refractivity (Wildman–Crippen MR) is 58.5 cm³/mol. The molecule has 0 saturated carbocycles. The van der Waals surface area contributed by atoms with Gasteiger partial charge in [0.1, 0.15) is 6.54 Å². The summed E-state index contributed by atoms with van der Waals surface area (Å²) in [6.07, 6.45) is 1.89. The van der Waals surface area contributed by atoms with Gasteiger partial charge < -0.3 is 14.6 Å². The number of nitrogens with one attached hydrogen (secondary N) is 1. The maximum Gasteiger partial charge on any atom is 0.325 e. The summed E-state index contributed by atoms with van der Waals surface area (Å²) in [7, 11) is 1.90. The van der Waals surface area contributed by atoms with Crippen molar-refractivity contribution in [3.63, 3.8) is 0 Å². The zero-order valence-corrected chi connectivity index (χ0v) is 9.49. The Morgan fingerprint density at radius 2 is 2.40 bits per heavy atom. The van der Waals surface area contributed by atoms with Crippen LogP contribution in [0.15, 0.2) is 18.3 Å². The van der Waals surface area contributed by atoms with Gasteiger partial charge in [-0.25, -0.2) is 0 Å². The number of rotatable bonds is 5. The van der Waals surface area contributed by atoms with Crippen LogP contribution in [0.5, 0.6) is 0 Å². The molecule has 1 heterocycles. The predicted octanol–water partition coefficient (Wildman–Crippen LogP) is 1.33. The molecule has 1 N–H and O–H groups in total. The molecule has 4 heteroatoms. The first-order chi connectivity index (χ1) is 7.19. The highest BCUT2D eigenvalue weighted by molar-refractivity contribution is 5.69. The summed E-state index contributed by atoms with van der Waals surface area (Å²) >= 11 is 0. The van der Waals surface area contributed by atoms with E-state index in [9.17, 15) is 4.79 Å². The first kappa shape index (κ1) is 11.8. The van der Waals surface area contributed by atoms with Crippen LogP contribution in [0.4, 0.5) is 0 Å². The highest BCUT2D eigenvalue weighted by atomic mass is 16.5. The molecular formula is C11H18N2O2. The van der Waals surface area contributed by atoms with E-state index in [-0.39, 0.29) is 18.6 Å². The Morgan fingerprint density at radius 3 is 3.00 bits per heavy atom. The molecule has 0 fully saturated rings. The van der Waals surface area contributed by atoms with Gasteiger partial charge in [0, 0.05) is 17.9 Å². The lowest BCUT2D eigenvalue weighted by molar-refractivity contribution is -0.143. The molecule has 0 bridgehead atoms. The summed E-state index contributed by atoms with van der Waals surface area (Å²) in [4.78, 5) is 11.3. The fraction of sp³-hybridized carbons (Fsp3) is 0.545. The van der Waals surface area contributed by atoms with Crippen molar-refractivity contribution in [2.24, 2.45) is 0 Å². The van der Waals surface area contributed by atoms with Crippen LogP contribution < -0.4 is 5.32 Å². The van der Waals surface area contributed by atoms with Gasteiger partial charge >= 0.3 is 5.97 Å². The standard InChI is InChI=1S/C11H18N2O2/c1-4-15-11(14)8-13-7-5-6-10(13)9(2)12-3/h5-7,9,12H,4,8H2,1-3H3. The minimum atomic E-state index is -0.196. The number of hydrogen-bond donors (Lipinski definition) is 1. The third-order valence-corrected chi connectivity index (χ3v) is 2.35. The fourth-order valence-corrected chi connectivity index (χ4v) is 1.46. The molecule has 0 aliphatic rings.